The number of aryl methyl sites for hydroxylation is 2. The number of nitrogens with one attached hydrogen (secondary N) is 1. The lowest BCUT2D eigenvalue weighted by Crippen LogP contribution is -2.32. The van der Waals surface area contributed by atoms with Gasteiger partial charge in [0.15, 0.2) is 0 Å². The fourth-order valence-corrected chi connectivity index (χ4v) is 4.75. The van der Waals surface area contributed by atoms with Crippen LogP contribution >= 0.6 is 0 Å². The molecule has 0 aliphatic carbocycles. The Labute approximate surface area is 206 Å². The third kappa shape index (κ3) is 5.33. The molecule has 0 unspecified atom stereocenters. The van der Waals surface area contributed by atoms with Crippen LogP contribution in [0.1, 0.15) is 32.7 Å². The van der Waals surface area contributed by atoms with Crippen molar-refractivity contribution in [3.05, 3.63) is 107 Å². The van der Waals surface area contributed by atoms with Crippen LogP contribution in [0.25, 0.3) is 11.3 Å². The molecule has 4 aromatic rings. The van der Waals surface area contributed by atoms with Gasteiger partial charge in [-0.1, -0.05) is 48.5 Å². The van der Waals surface area contributed by atoms with Crippen LogP contribution in [0.3, 0.4) is 0 Å². The van der Waals surface area contributed by atoms with Crippen LogP contribution in [-0.2, 0) is 22.7 Å². The number of hydrogen-bond acceptors (Lipinski definition) is 4. The fourth-order valence-electron chi connectivity index (χ4n) is 3.77. The van der Waals surface area contributed by atoms with Crippen molar-refractivity contribution < 1.29 is 26.4 Å². The van der Waals surface area contributed by atoms with Crippen LogP contribution in [0.15, 0.2) is 83.8 Å². The number of benzene rings is 3. The van der Waals surface area contributed by atoms with E-state index in [0.717, 1.165) is 28.8 Å². The van der Waals surface area contributed by atoms with Crippen molar-refractivity contribution in [2.75, 3.05) is 0 Å². The standard InChI is InChI=1S/C26H22F3N3O3S/c1-17-7-6-8-18(2)22(17)16-32-24(25(33)31-36(34,35)21-9-4-3-5-10-21)15-23(30-32)19-11-13-20(14-12-19)26(27,28)29/h3-15H,16H2,1-2H3,(H,31,33). The van der Waals surface area contributed by atoms with Crippen molar-refractivity contribution in [1.29, 1.82) is 0 Å². The molecule has 4 rings (SSSR count). The highest BCUT2D eigenvalue weighted by atomic mass is 32.2. The Bertz CT molecular complexity index is 1490. The van der Waals surface area contributed by atoms with Crippen LogP contribution in [0.5, 0.6) is 0 Å². The molecule has 36 heavy (non-hydrogen) atoms. The molecule has 0 atom stereocenters. The van der Waals surface area contributed by atoms with Gasteiger partial charge in [-0.3, -0.25) is 9.48 Å². The lowest BCUT2D eigenvalue weighted by atomic mass is 10.0. The molecule has 0 radical (unpaired) electrons. The minimum Gasteiger partial charge on any atom is -0.266 e. The summed E-state index contributed by atoms with van der Waals surface area (Å²) in [6.45, 7) is 3.97. The molecule has 0 aliphatic rings. The highest BCUT2D eigenvalue weighted by Crippen LogP contribution is 2.31. The normalized spacial score (nSPS) is 11.9. The number of carbonyl (C=O) groups excluding carboxylic acids is 1. The first kappa shape index (κ1) is 25.2. The van der Waals surface area contributed by atoms with Gasteiger partial charge < -0.3 is 0 Å². The molecule has 0 aliphatic heterocycles. The van der Waals surface area contributed by atoms with Crippen molar-refractivity contribution >= 4 is 15.9 Å². The van der Waals surface area contributed by atoms with Crippen LogP contribution in [-0.4, -0.2) is 24.1 Å². The van der Waals surface area contributed by atoms with Crippen molar-refractivity contribution in [3.63, 3.8) is 0 Å². The molecule has 3 aromatic carbocycles. The minimum absolute atomic E-state index is 0.0490. The average molecular weight is 514 g/mol. The molecule has 1 N–H and O–H groups in total. The van der Waals surface area contributed by atoms with E-state index in [-0.39, 0.29) is 22.8 Å². The van der Waals surface area contributed by atoms with Gasteiger partial charge in [-0.2, -0.15) is 18.3 Å². The molecular formula is C26H22F3N3O3S. The van der Waals surface area contributed by atoms with Crippen LogP contribution in [0.2, 0.25) is 0 Å². The summed E-state index contributed by atoms with van der Waals surface area (Å²) in [7, 11) is -4.16. The van der Waals surface area contributed by atoms with Crippen molar-refractivity contribution in [2.24, 2.45) is 0 Å². The fraction of sp³-hybridized carbons (Fsp3) is 0.154. The van der Waals surface area contributed by atoms with Gasteiger partial charge in [0.25, 0.3) is 15.9 Å². The SMILES string of the molecule is Cc1cccc(C)c1Cn1nc(-c2ccc(C(F)(F)F)cc2)cc1C(=O)NS(=O)(=O)c1ccccc1. The molecular weight excluding hydrogens is 491 g/mol. The number of aromatic nitrogens is 2. The molecule has 1 amide bonds. The van der Waals surface area contributed by atoms with Gasteiger partial charge >= 0.3 is 6.18 Å². The monoisotopic (exact) mass is 513 g/mol. The van der Waals surface area contributed by atoms with E-state index < -0.39 is 27.7 Å². The molecule has 1 heterocycles. The molecule has 6 nitrogen and oxygen atoms in total. The number of sulfonamides is 1. The third-order valence-electron chi connectivity index (χ3n) is 5.75. The number of alkyl halides is 3. The summed E-state index contributed by atoms with van der Waals surface area (Å²) in [5, 5.41) is 4.45. The molecule has 0 saturated carbocycles. The van der Waals surface area contributed by atoms with E-state index in [0.29, 0.717) is 5.56 Å². The highest BCUT2D eigenvalue weighted by Gasteiger charge is 2.30. The summed E-state index contributed by atoms with van der Waals surface area (Å²) in [6, 6.07) is 18.9. The van der Waals surface area contributed by atoms with E-state index in [4.69, 9.17) is 0 Å². The maximum Gasteiger partial charge on any atom is 0.416 e. The number of halogens is 3. The summed E-state index contributed by atoms with van der Waals surface area (Å²) < 4.78 is 67.8. The number of amides is 1. The van der Waals surface area contributed by atoms with Gasteiger partial charge in [0, 0.05) is 5.56 Å². The predicted molar refractivity (Wildman–Crippen MR) is 129 cm³/mol. The first-order valence-electron chi connectivity index (χ1n) is 10.9. The second-order valence-corrected chi connectivity index (χ2v) is 9.95. The predicted octanol–water partition coefficient (Wildman–Crippen LogP) is 5.35. The highest BCUT2D eigenvalue weighted by molar-refractivity contribution is 7.90. The largest absolute Gasteiger partial charge is 0.416 e. The number of nitrogens with zero attached hydrogens (tertiary/aromatic N) is 2. The Morgan fingerprint density at radius 2 is 1.53 bits per heavy atom. The lowest BCUT2D eigenvalue weighted by Gasteiger charge is -2.13. The first-order valence-corrected chi connectivity index (χ1v) is 12.4. The van der Waals surface area contributed by atoms with Crippen molar-refractivity contribution in [1.82, 2.24) is 14.5 Å². The van der Waals surface area contributed by atoms with Gasteiger partial charge in [-0.05, 0) is 60.9 Å². The van der Waals surface area contributed by atoms with Gasteiger partial charge in [-0.25, -0.2) is 13.1 Å². The quantitative estimate of drug-likeness (QED) is 0.377. The maximum absolute atomic E-state index is 13.1. The van der Waals surface area contributed by atoms with E-state index in [1.165, 1.54) is 47.1 Å². The first-order chi connectivity index (χ1) is 17.0. The summed E-state index contributed by atoms with van der Waals surface area (Å²) in [6.07, 6.45) is -4.49. The Morgan fingerprint density at radius 3 is 2.11 bits per heavy atom. The van der Waals surface area contributed by atoms with Crippen LogP contribution in [0.4, 0.5) is 13.2 Å². The molecule has 0 spiro atoms. The number of carbonyl (C=O) groups is 1. The second-order valence-electron chi connectivity index (χ2n) is 8.27. The van der Waals surface area contributed by atoms with Crippen molar-refractivity contribution in [3.8, 4) is 11.3 Å². The van der Waals surface area contributed by atoms with Gasteiger partial charge in [0.2, 0.25) is 0 Å². The van der Waals surface area contributed by atoms with Gasteiger partial charge in [-0.15, -0.1) is 0 Å². The summed E-state index contributed by atoms with van der Waals surface area (Å²) in [4.78, 5) is 13.1. The third-order valence-corrected chi connectivity index (χ3v) is 7.10. The minimum atomic E-state index is -4.49. The van der Waals surface area contributed by atoms with Crippen LogP contribution in [0, 0.1) is 13.8 Å². The zero-order chi connectivity index (χ0) is 26.1. The van der Waals surface area contributed by atoms with Gasteiger partial charge in [0.1, 0.15) is 5.69 Å². The molecule has 0 bridgehead atoms. The molecule has 10 heteroatoms. The lowest BCUT2D eigenvalue weighted by molar-refractivity contribution is -0.137. The molecule has 186 valence electrons. The Hall–Kier alpha value is -3.92. The zero-order valence-electron chi connectivity index (χ0n) is 19.4. The second kappa shape index (κ2) is 9.62. The average Bonchev–Trinajstić information content (AvgIpc) is 3.25. The van der Waals surface area contributed by atoms with E-state index in [1.807, 2.05) is 32.0 Å². The zero-order valence-corrected chi connectivity index (χ0v) is 20.2. The molecule has 1 aromatic heterocycles. The van der Waals surface area contributed by atoms with Crippen LogP contribution < -0.4 is 4.72 Å². The molecule has 0 fully saturated rings. The van der Waals surface area contributed by atoms with E-state index in [9.17, 15) is 26.4 Å². The molecule has 0 saturated heterocycles. The topological polar surface area (TPSA) is 81.1 Å². The summed E-state index contributed by atoms with van der Waals surface area (Å²) in [5.41, 5.74) is 2.51. The van der Waals surface area contributed by atoms with E-state index >= 15 is 0 Å². The maximum atomic E-state index is 13.1. The van der Waals surface area contributed by atoms with E-state index in [1.54, 1.807) is 6.07 Å². The Balaban J connectivity index is 1.75. The number of rotatable bonds is 6. The van der Waals surface area contributed by atoms with Crippen molar-refractivity contribution in [2.45, 2.75) is 31.5 Å². The van der Waals surface area contributed by atoms with Gasteiger partial charge in [0.05, 0.1) is 22.7 Å². The number of hydrogen-bond donors (Lipinski definition) is 1. The smallest absolute Gasteiger partial charge is 0.266 e. The van der Waals surface area contributed by atoms with E-state index in [2.05, 4.69) is 9.82 Å². The summed E-state index contributed by atoms with van der Waals surface area (Å²) in [5.74, 6) is -0.907. The Kier molecular flexibility index (Phi) is 6.73. The summed E-state index contributed by atoms with van der Waals surface area (Å²) >= 11 is 0. The Morgan fingerprint density at radius 1 is 0.917 bits per heavy atom.